The number of nitrogens with one attached hydrogen (secondary N) is 1. The summed E-state index contributed by atoms with van der Waals surface area (Å²) < 4.78 is 39.8. The highest BCUT2D eigenvalue weighted by atomic mass is 35.5. The lowest BCUT2D eigenvalue weighted by molar-refractivity contribution is 0.211. The quantitative estimate of drug-likeness (QED) is 0.924. The van der Waals surface area contributed by atoms with Crippen LogP contribution in [0.15, 0.2) is 23.1 Å². The molecule has 0 spiro atoms. The Morgan fingerprint density at radius 1 is 1.50 bits per heavy atom. The van der Waals surface area contributed by atoms with Gasteiger partial charge in [-0.25, -0.2) is 17.5 Å². The first-order valence-corrected chi connectivity index (χ1v) is 8.38. The maximum atomic E-state index is 13.0. The Hall–Kier alpha value is -0.690. The fraction of sp³-hybridized carbons (Fsp3) is 0.538. The highest BCUT2D eigenvalue weighted by Gasteiger charge is 2.22. The van der Waals surface area contributed by atoms with E-state index in [9.17, 15) is 12.8 Å². The molecule has 1 N–H and O–H groups in total. The minimum Gasteiger partial charge on any atom is -0.306 e. The molecule has 0 radical (unpaired) electrons. The van der Waals surface area contributed by atoms with Crippen molar-refractivity contribution in [3.63, 3.8) is 0 Å². The van der Waals surface area contributed by atoms with Gasteiger partial charge in [0.05, 0.1) is 5.02 Å². The topological polar surface area (TPSA) is 49.4 Å². The Kier molecular flexibility index (Phi) is 5.01. The van der Waals surface area contributed by atoms with Crippen molar-refractivity contribution in [1.82, 2.24) is 9.62 Å². The molecule has 1 aliphatic rings. The molecule has 20 heavy (non-hydrogen) atoms. The third-order valence-corrected chi connectivity index (χ3v) is 5.37. The van der Waals surface area contributed by atoms with E-state index in [1.807, 2.05) is 7.05 Å². The number of likely N-dealkylation sites (tertiary alicyclic amines) is 1. The van der Waals surface area contributed by atoms with Gasteiger partial charge >= 0.3 is 0 Å². The van der Waals surface area contributed by atoms with Gasteiger partial charge in [0.2, 0.25) is 10.0 Å². The Morgan fingerprint density at radius 3 is 2.90 bits per heavy atom. The molecule has 4 nitrogen and oxygen atoms in total. The van der Waals surface area contributed by atoms with Crippen LogP contribution in [0.3, 0.4) is 0 Å². The SMILES string of the molecule is CN1CCCC(CNS(=O)(=O)c2ccc(F)cc2Cl)C1. The molecule has 7 heteroatoms. The average Bonchev–Trinajstić information content (AvgIpc) is 2.36. The van der Waals surface area contributed by atoms with Crippen LogP contribution in [0, 0.1) is 11.7 Å². The molecule has 0 bridgehead atoms. The van der Waals surface area contributed by atoms with Gasteiger partial charge in [0.25, 0.3) is 0 Å². The minimum atomic E-state index is -3.69. The van der Waals surface area contributed by atoms with Gasteiger partial charge in [-0.3, -0.25) is 0 Å². The molecule has 0 aromatic heterocycles. The third kappa shape index (κ3) is 3.91. The second-order valence-corrected chi connectivity index (χ2v) is 7.34. The summed E-state index contributed by atoms with van der Waals surface area (Å²) in [6.07, 6.45) is 2.07. The standard InChI is InChI=1S/C13H18ClFN2O2S/c1-17-6-2-3-10(9-17)8-16-20(18,19)13-5-4-11(15)7-12(13)14/h4-5,7,10,16H,2-3,6,8-9H2,1H3. The second-order valence-electron chi connectivity index (χ2n) is 5.20. The first-order valence-electron chi connectivity index (χ1n) is 6.52. The van der Waals surface area contributed by atoms with Crippen LogP contribution < -0.4 is 4.72 Å². The van der Waals surface area contributed by atoms with Crippen LogP contribution in [0.25, 0.3) is 0 Å². The van der Waals surface area contributed by atoms with E-state index in [-0.39, 0.29) is 9.92 Å². The molecule has 1 unspecified atom stereocenters. The number of nitrogens with zero attached hydrogens (tertiary/aromatic N) is 1. The summed E-state index contributed by atoms with van der Waals surface area (Å²) in [6, 6.07) is 3.28. The van der Waals surface area contributed by atoms with E-state index in [0.29, 0.717) is 12.5 Å². The van der Waals surface area contributed by atoms with Crippen molar-refractivity contribution in [3.05, 3.63) is 29.0 Å². The number of sulfonamides is 1. The van der Waals surface area contributed by atoms with Crippen molar-refractivity contribution >= 4 is 21.6 Å². The van der Waals surface area contributed by atoms with Crippen molar-refractivity contribution in [2.75, 3.05) is 26.7 Å². The van der Waals surface area contributed by atoms with Crippen molar-refractivity contribution in [2.45, 2.75) is 17.7 Å². The summed E-state index contributed by atoms with van der Waals surface area (Å²) in [5.74, 6) is -0.259. The molecule has 1 atom stereocenters. The molecule has 1 aliphatic heterocycles. The number of rotatable bonds is 4. The maximum absolute atomic E-state index is 13.0. The maximum Gasteiger partial charge on any atom is 0.242 e. The fourth-order valence-electron chi connectivity index (χ4n) is 2.44. The van der Waals surface area contributed by atoms with Crippen LogP contribution in [-0.2, 0) is 10.0 Å². The predicted octanol–water partition coefficient (Wildman–Crippen LogP) is 2.10. The summed E-state index contributed by atoms with van der Waals surface area (Å²) in [6.45, 7) is 2.30. The molecule has 2 rings (SSSR count). The Labute approximate surface area is 124 Å². The van der Waals surface area contributed by atoms with E-state index in [1.54, 1.807) is 0 Å². The van der Waals surface area contributed by atoms with Crippen LogP contribution in [0.2, 0.25) is 5.02 Å². The molecule has 1 heterocycles. The van der Waals surface area contributed by atoms with Gasteiger partial charge in [-0.15, -0.1) is 0 Å². The first-order chi connectivity index (χ1) is 9.38. The molecule has 0 aliphatic carbocycles. The van der Waals surface area contributed by atoms with E-state index in [1.165, 1.54) is 6.07 Å². The van der Waals surface area contributed by atoms with E-state index in [2.05, 4.69) is 9.62 Å². The molecule has 1 aromatic carbocycles. The largest absolute Gasteiger partial charge is 0.306 e. The number of benzene rings is 1. The van der Waals surface area contributed by atoms with Crippen molar-refractivity contribution in [2.24, 2.45) is 5.92 Å². The zero-order chi connectivity index (χ0) is 14.8. The van der Waals surface area contributed by atoms with Gasteiger partial charge in [0.15, 0.2) is 0 Å². The summed E-state index contributed by atoms with van der Waals surface area (Å²) in [7, 11) is -1.67. The van der Waals surface area contributed by atoms with E-state index >= 15 is 0 Å². The highest BCUT2D eigenvalue weighted by molar-refractivity contribution is 7.89. The fourth-order valence-corrected chi connectivity index (χ4v) is 4.08. The molecular weight excluding hydrogens is 303 g/mol. The summed E-state index contributed by atoms with van der Waals surface area (Å²) in [4.78, 5) is 2.11. The van der Waals surface area contributed by atoms with E-state index < -0.39 is 15.8 Å². The monoisotopic (exact) mass is 320 g/mol. The number of piperidine rings is 1. The first kappa shape index (κ1) is 15.7. The molecule has 1 fully saturated rings. The average molecular weight is 321 g/mol. The van der Waals surface area contributed by atoms with Gasteiger partial charge in [-0.2, -0.15) is 0 Å². The molecule has 112 valence electrons. The van der Waals surface area contributed by atoms with Crippen LogP contribution in [0.5, 0.6) is 0 Å². The predicted molar refractivity (Wildman–Crippen MR) is 76.8 cm³/mol. The van der Waals surface area contributed by atoms with Crippen LogP contribution in [0.4, 0.5) is 4.39 Å². The lowest BCUT2D eigenvalue weighted by Gasteiger charge is -2.29. The van der Waals surface area contributed by atoms with Crippen LogP contribution in [-0.4, -0.2) is 40.0 Å². The van der Waals surface area contributed by atoms with Crippen molar-refractivity contribution in [3.8, 4) is 0 Å². The van der Waals surface area contributed by atoms with Crippen molar-refractivity contribution < 1.29 is 12.8 Å². The normalized spacial score (nSPS) is 21.1. The lowest BCUT2D eigenvalue weighted by Crippen LogP contribution is -2.39. The molecule has 0 amide bonds. The second kappa shape index (κ2) is 6.39. The van der Waals surface area contributed by atoms with Gasteiger partial charge < -0.3 is 4.90 Å². The Bertz CT molecular complexity index is 580. The third-order valence-electron chi connectivity index (χ3n) is 3.47. The summed E-state index contributed by atoms with van der Waals surface area (Å²) in [5.41, 5.74) is 0. The molecule has 1 aromatic rings. The van der Waals surface area contributed by atoms with Crippen molar-refractivity contribution in [1.29, 1.82) is 0 Å². The summed E-state index contributed by atoms with van der Waals surface area (Å²) in [5, 5.41) is -0.0988. The van der Waals surface area contributed by atoms with Gasteiger partial charge in [0.1, 0.15) is 10.7 Å². The summed E-state index contributed by atoms with van der Waals surface area (Å²) >= 11 is 5.79. The number of hydrogen-bond donors (Lipinski definition) is 1. The zero-order valence-corrected chi connectivity index (χ0v) is 12.8. The van der Waals surface area contributed by atoms with Gasteiger partial charge in [-0.05, 0) is 50.6 Å². The molecule has 1 saturated heterocycles. The van der Waals surface area contributed by atoms with Gasteiger partial charge in [0, 0.05) is 13.1 Å². The lowest BCUT2D eigenvalue weighted by atomic mass is 9.99. The highest BCUT2D eigenvalue weighted by Crippen LogP contribution is 2.22. The number of hydrogen-bond acceptors (Lipinski definition) is 3. The van der Waals surface area contributed by atoms with E-state index in [0.717, 1.165) is 38.1 Å². The zero-order valence-electron chi connectivity index (χ0n) is 11.3. The Balaban J connectivity index is 2.03. The molecular formula is C13H18ClFN2O2S. The van der Waals surface area contributed by atoms with Gasteiger partial charge in [-0.1, -0.05) is 11.6 Å². The minimum absolute atomic E-state index is 0.0790. The number of halogens is 2. The van der Waals surface area contributed by atoms with E-state index in [4.69, 9.17) is 11.6 Å². The smallest absolute Gasteiger partial charge is 0.242 e. The van der Waals surface area contributed by atoms with Crippen LogP contribution >= 0.6 is 11.6 Å². The molecule has 0 saturated carbocycles. The Morgan fingerprint density at radius 2 is 2.25 bits per heavy atom. The van der Waals surface area contributed by atoms with Crippen LogP contribution in [0.1, 0.15) is 12.8 Å².